The molecule has 1 amide bonds. The van der Waals surface area contributed by atoms with Crippen LogP contribution < -0.4 is 5.32 Å². The molecule has 3 aromatic carbocycles. The van der Waals surface area contributed by atoms with E-state index in [0.717, 1.165) is 20.3 Å². The molecule has 0 aliphatic heterocycles. The smallest absolute Gasteiger partial charge is 0.326 e. The third-order valence-corrected chi connectivity index (χ3v) is 5.83. The molecule has 1 atom stereocenters. The molecule has 0 aliphatic rings. The number of benzene rings is 3. The molecule has 4 nitrogen and oxygen atoms in total. The van der Waals surface area contributed by atoms with Crippen LogP contribution in [0.25, 0.3) is 0 Å². The Morgan fingerprint density at radius 2 is 1.38 bits per heavy atom. The first-order valence-corrected chi connectivity index (χ1v) is 10.4. The topological polar surface area (TPSA) is 66.4 Å². The number of carboxylic acid groups (broad SMARTS) is 1. The van der Waals surface area contributed by atoms with Crippen LogP contribution >= 0.6 is 22.6 Å². The Morgan fingerprint density at radius 3 is 1.83 bits per heavy atom. The molecule has 3 aromatic rings. The number of carbonyl (C=O) groups is 2. The minimum absolute atomic E-state index is 0.220. The predicted molar refractivity (Wildman–Crippen MR) is 122 cm³/mol. The average Bonchev–Trinajstić information content (AvgIpc) is 2.75. The highest BCUT2D eigenvalue weighted by molar-refractivity contribution is 14.1. The number of aliphatic carboxylic acids is 1. The molecular weight excluding hydrogens is 477 g/mol. The Morgan fingerprint density at radius 1 is 0.897 bits per heavy atom. The number of carboxylic acids is 1. The van der Waals surface area contributed by atoms with Gasteiger partial charge in [-0.3, -0.25) is 4.79 Å². The normalized spacial score (nSPS) is 12.2. The van der Waals surface area contributed by atoms with E-state index in [1.807, 2.05) is 91.9 Å². The number of halogens is 1. The molecule has 0 aromatic heterocycles. The Balaban J connectivity index is 1.92. The first kappa shape index (κ1) is 21.0. The number of rotatable bonds is 7. The molecule has 0 heterocycles. The van der Waals surface area contributed by atoms with Crippen molar-refractivity contribution in [2.24, 2.45) is 0 Å². The third-order valence-electron chi connectivity index (χ3n) is 5.11. The molecule has 0 radical (unpaired) electrons. The monoisotopic (exact) mass is 499 g/mol. The third kappa shape index (κ3) is 4.85. The van der Waals surface area contributed by atoms with Crippen LogP contribution in [-0.4, -0.2) is 23.0 Å². The van der Waals surface area contributed by atoms with Gasteiger partial charge in [-0.2, -0.15) is 0 Å². The molecule has 5 heteroatoms. The van der Waals surface area contributed by atoms with Gasteiger partial charge in [0, 0.05) is 9.99 Å². The fraction of sp³-hybridized carbons (Fsp3) is 0.167. The van der Waals surface area contributed by atoms with Crippen LogP contribution in [-0.2, 0) is 21.4 Å². The summed E-state index contributed by atoms with van der Waals surface area (Å²) in [5, 5.41) is 12.5. The summed E-state index contributed by atoms with van der Waals surface area (Å²) in [6, 6.07) is 25.5. The summed E-state index contributed by atoms with van der Waals surface area (Å²) in [5.41, 5.74) is 1.46. The molecule has 0 unspecified atom stereocenters. The first-order valence-electron chi connectivity index (χ1n) is 9.30. The lowest BCUT2D eigenvalue weighted by atomic mass is 9.75. The molecular formula is C24H22INO3. The van der Waals surface area contributed by atoms with E-state index in [4.69, 9.17) is 0 Å². The standard InChI is InChI=1S/C24H22INO3/c1-24(18-8-4-2-5-9-18,19-10-6-3-7-11-19)23(29)26-21(22(27)28)16-17-12-14-20(25)15-13-17/h2-15,21H,16H2,1H3,(H,26,29)(H,27,28)/t21-/m1/s1. The second-order valence-corrected chi connectivity index (χ2v) is 8.30. The van der Waals surface area contributed by atoms with Gasteiger partial charge in [0.15, 0.2) is 0 Å². The highest BCUT2D eigenvalue weighted by Crippen LogP contribution is 2.32. The van der Waals surface area contributed by atoms with Gasteiger partial charge in [-0.15, -0.1) is 0 Å². The maximum Gasteiger partial charge on any atom is 0.326 e. The van der Waals surface area contributed by atoms with Crippen molar-refractivity contribution in [1.29, 1.82) is 0 Å². The van der Waals surface area contributed by atoms with Crippen molar-refractivity contribution in [2.45, 2.75) is 24.8 Å². The predicted octanol–water partition coefficient (Wildman–Crippen LogP) is 4.41. The molecule has 148 valence electrons. The van der Waals surface area contributed by atoms with Crippen molar-refractivity contribution in [2.75, 3.05) is 0 Å². The zero-order valence-corrected chi connectivity index (χ0v) is 18.2. The zero-order valence-electron chi connectivity index (χ0n) is 16.0. The summed E-state index contributed by atoms with van der Waals surface area (Å²) in [6.07, 6.45) is 0.220. The van der Waals surface area contributed by atoms with Gasteiger partial charge in [0.05, 0.1) is 5.41 Å². The SMILES string of the molecule is CC(C(=O)N[C@H](Cc1ccc(I)cc1)C(=O)O)(c1ccccc1)c1ccccc1. The Labute approximate surface area is 184 Å². The van der Waals surface area contributed by atoms with Crippen LogP contribution in [0.3, 0.4) is 0 Å². The Hall–Kier alpha value is -2.67. The summed E-state index contributed by atoms with van der Waals surface area (Å²) in [5.74, 6) is -1.40. The lowest BCUT2D eigenvalue weighted by Gasteiger charge is -2.31. The summed E-state index contributed by atoms with van der Waals surface area (Å²) < 4.78 is 1.07. The maximum absolute atomic E-state index is 13.4. The van der Waals surface area contributed by atoms with Crippen molar-refractivity contribution in [1.82, 2.24) is 5.32 Å². The number of hydrogen-bond acceptors (Lipinski definition) is 2. The number of amides is 1. The van der Waals surface area contributed by atoms with Crippen molar-refractivity contribution >= 4 is 34.5 Å². The van der Waals surface area contributed by atoms with Crippen molar-refractivity contribution in [3.63, 3.8) is 0 Å². The molecule has 0 spiro atoms. The molecule has 2 N–H and O–H groups in total. The molecule has 0 fully saturated rings. The van der Waals surface area contributed by atoms with E-state index in [1.54, 1.807) is 0 Å². The fourth-order valence-corrected chi connectivity index (χ4v) is 3.69. The van der Waals surface area contributed by atoms with Crippen molar-refractivity contribution in [3.05, 3.63) is 105 Å². The van der Waals surface area contributed by atoms with Gasteiger partial charge in [0.2, 0.25) is 5.91 Å². The maximum atomic E-state index is 13.4. The molecule has 0 saturated heterocycles. The molecule has 0 aliphatic carbocycles. The van der Waals surface area contributed by atoms with Gasteiger partial charge in [-0.25, -0.2) is 4.79 Å². The number of nitrogens with one attached hydrogen (secondary N) is 1. The molecule has 0 bridgehead atoms. The second kappa shape index (κ2) is 9.22. The van der Waals surface area contributed by atoms with Gasteiger partial charge < -0.3 is 10.4 Å². The van der Waals surface area contributed by atoms with Crippen LogP contribution in [0.1, 0.15) is 23.6 Å². The quantitative estimate of drug-likeness (QED) is 0.474. The summed E-state index contributed by atoms with van der Waals surface area (Å²) in [4.78, 5) is 25.3. The van der Waals surface area contributed by atoms with Gasteiger partial charge >= 0.3 is 5.97 Å². The van der Waals surface area contributed by atoms with Gasteiger partial charge in [0.25, 0.3) is 0 Å². The van der Waals surface area contributed by atoms with Crippen molar-refractivity contribution in [3.8, 4) is 0 Å². The van der Waals surface area contributed by atoms with Crippen molar-refractivity contribution < 1.29 is 14.7 Å². The minimum atomic E-state index is -1.06. The Kier molecular flexibility index (Phi) is 6.69. The lowest BCUT2D eigenvalue weighted by Crippen LogP contribution is -2.50. The molecule has 29 heavy (non-hydrogen) atoms. The zero-order chi connectivity index (χ0) is 20.9. The van der Waals surface area contributed by atoms with E-state index < -0.39 is 17.4 Å². The van der Waals surface area contributed by atoms with Gasteiger partial charge in [-0.1, -0.05) is 72.8 Å². The highest BCUT2D eigenvalue weighted by Gasteiger charge is 2.38. The first-order chi connectivity index (χ1) is 13.9. The largest absolute Gasteiger partial charge is 0.480 e. The van der Waals surface area contributed by atoms with Crippen LogP contribution in [0.15, 0.2) is 84.9 Å². The summed E-state index contributed by atoms with van der Waals surface area (Å²) in [6.45, 7) is 1.83. The van der Waals surface area contributed by atoms with E-state index in [0.29, 0.717) is 0 Å². The van der Waals surface area contributed by atoms with Crippen LogP contribution in [0.4, 0.5) is 0 Å². The van der Waals surface area contributed by atoms with E-state index in [2.05, 4.69) is 27.9 Å². The van der Waals surface area contributed by atoms with Gasteiger partial charge in [-0.05, 0) is 58.3 Å². The van der Waals surface area contributed by atoms with Crippen LogP contribution in [0.2, 0.25) is 0 Å². The van der Waals surface area contributed by atoms with Gasteiger partial charge in [0.1, 0.15) is 6.04 Å². The van der Waals surface area contributed by atoms with E-state index in [-0.39, 0.29) is 12.3 Å². The average molecular weight is 499 g/mol. The van der Waals surface area contributed by atoms with E-state index >= 15 is 0 Å². The summed E-state index contributed by atoms with van der Waals surface area (Å²) >= 11 is 2.20. The van der Waals surface area contributed by atoms with Crippen LogP contribution in [0, 0.1) is 3.57 Å². The molecule has 0 saturated carbocycles. The highest BCUT2D eigenvalue weighted by atomic mass is 127. The fourth-order valence-electron chi connectivity index (χ4n) is 3.33. The number of carbonyl (C=O) groups excluding carboxylic acids is 1. The lowest BCUT2D eigenvalue weighted by molar-refractivity contribution is -0.142. The minimum Gasteiger partial charge on any atom is -0.480 e. The van der Waals surface area contributed by atoms with Crippen LogP contribution in [0.5, 0.6) is 0 Å². The van der Waals surface area contributed by atoms with E-state index in [9.17, 15) is 14.7 Å². The Bertz CT molecular complexity index is 933. The summed E-state index contributed by atoms with van der Waals surface area (Å²) in [7, 11) is 0. The number of hydrogen-bond donors (Lipinski definition) is 2. The second-order valence-electron chi connectivity index (χ2n) is 7.05. The van der Waals surface area contributed by atoms with E-state index in [1.165, 1.54) is 0 Å². The molecule has 3 rings (SSSR count).